The largest absolute Gasteiger partial charge is 0.265 e. The van der Waals surface area contributed by atoms with Crippen LogP contribution in [0.2, 0.25) is 0 Å². The van der Waals surface area contributed by atoms with Crippen LogP contribution in [0.15, 0.2) is 123 Å². The van der Waals surface area contributed by atoms with Crippen molar-refractivity contribution in [2.24, 2.45) is 0 Å². The number of pyridine rings is 6. The normalized spacial score (nSPS) is 9.09. The van der Waals surface area contributed by atoms with Crippen molar-refractivity contribution in [1.29, 1.82) is 0 Å². The highest BCUT2D eigenvalue weighted by atomic mass is 14.7. The summed E-state index contributed by atoms with van der Waals surface area (Å²) in [5.74, 6) is 0. The Kier molecular flexibility index (Phi) is 19.7. The Morgan fingerprint density at radius 1 is 0.348 bits per heavy atom. The van der Waals surface area contributed by atoms with Crippen LogP contribution in [0.5, 0.6) is 0 Å². The molecule has 0 fully saturated rings. The van der Waals surface area contributed by atoms with Crippen LogP contribution in [0.25, 0.3) is 0 Å². The van der Waals surface area contributed by atoms with Crippen molar-refractivity contribution in [2.45, 2.75) is 69.2 Å². The zero-order valence-electron chi connectivity index (χ0n) is 29.2. The number of aromatic nitrogens is 6. The van der Waals surface area contributed by atoms with E-state index in [4.69, 9.17) is 0 Å². The summed E-state index contributed by atoms with van der Waals surface area (Å²) in [6, 6.07) is 20.1. The minimum atomic E-state index is 1.08. The monoisotopic (exact) mass is 614 g/mol. The quantitative estimate of drug-likeness (QED) is 0.170. The highest BCUT2D eigenvalue weighted by molar-refractivity contribution is 5.19. The van der Waals surface area contributed by atoms with Gasteiger partial charge >= 0.3 is 0 Å². The molecule has 0 aromatic carbocycles. The second-order valence-corrected chi connectivity index (χ2v) is 10.9. The summed E-state index contributed by atoms with van der Waals surface area (Å²) < 4.78 is 0. The molecule has 0 spiro atoms. The summed E-state index contributed by atoms with van der Waals surface area (Å²) in [5.41, 5.74) is 12.2. The summed E-state index contributed by atoms with van der Waals surface area (Å²) >= 11 is 0. The molecule has 0 aliphatic rings. The summed E-state index contributed by atoms with van der Waals surface area (Å²) in [4.78, 5) is 23.8. The molecular formula is C40H50N6. The molecule has 0 amide bonds. The molecule has 46 heavy (non-hydrogen) atoms. The molecule has 6 aromatic rings. The molecule has 0 atom stereocenters. The Bertz CT molecular complexity index is 1460. The third-order valence-electron chi connectivity index (χ3n) is 6.30. The fourth-order valence-electron chi connectivity index (χ4n) is 3.23. The maximum absolute atomic E-state index is 4.08. The van der Waals surface area contributed by atoms with E-state index in [1.165, 1.54) is 44.5 Å². The lowest BCUT2D eigenvalue weighted by atomic mass is 10.2. The van der Waals surface area contributed by atoms with Gasteiger partial charge in [0.25, 0.3) is 0 Å². The van der Waals surface area contributed by atoms with Crippen LogP contribution in [-0.4, -0.2) is 29.9 Å². The van der Waals surface area contributed by atoms with Crippen molar-refractivity contribution in [2.75, 3.05) is 0 Å². The van der Waals surface area contributed by atoms with Gasteiger partial charge in [-0.3, -0.25) is 29.9 Å². The van der Waals surface area contributed by atoms with E-state index >= 15 is 0 Å². The molecule has 6 rings (SSSR count). The molecular weight excluding hydrogens is 564 g/mol. The van der Waals surface area contributed by atoms with Crippen molar-refractivity contribution >= 4 is 0 Å². The topological polar surface area (TPSA) is 77.3 Å². The SMILES string of the molecule is Cc1ccc(C)nc1.Cc1cccnc1.Cc1cccnc1C.Cc1ccncc1.Cc1ccncc1C.Cc1cncc(C)c1. The van der Waals surface area contributed by atoms with Crippen molar-refractivity contribution in [3.8, 4) is 0 Å². The fraction of sp³-hybridized carbons (Fsp3) is 0.250. The van der Waals surface area contributed by atoms with Crippen molar-refractivity contribution in [1.82, 2.24) is 29.9 Å². The Morgan fingerprint density at radius 2 is 0.935 bits per heavy atom. The third kappa shape index (κ3) is 20.0. The van der Waals surface area contributed by atoms with E-state index in [1.54, 1.807) is 18.6 Å². The number of hydrogen-bond acceptors (Lipinski definition) is 6. The van der Waals surface area contributed by atoms with Crippen LogP contribution in [0.1, 0.15) is 55.9 Å². The summed E-state index contributed by atoms with van der Waals surface area (Å²) in [5, 5.41) is 0. The smallest absolute Gasteiger partial charge is 0.0401 e. The van der Waals surface area contributed by atoms with Crippen LogP contribution in [0.3, 0.4) is 0 Å². The molecule has 0 unspecified atom stereocenters. The molecule has 6 nitrogen and oxygen atoms in total. The summed E-state index contributed by atoms with van der Waals surface area (Å²) in [7, 11) is 0. The van der Waals surface area contributed by atoms with Crippen LogP contribution < -0.4 is 0 Å². The van der Waals surface area contributed by atoms with Gasteiger partial charge in [-0.15, -0.1) is 0 Å². The fourth-order valence-corrected chi connectivity index (χ4v) is 3.23. The van der Waals surface area contributed by atoms with Crippen molar-refractivity contribution in [3.63, 3.8) is 0 Å². The standard InChI is InChI=1S/4C7H9N.2C6H7N/c1-6-3-7(2)5-8-4-6;1-6-3-4-8-5-7(6)2;1-6-3-4-7(2)8-5-6;1-6-4-3-5-8-7(6)2;1-6-2-4-7-5-3-6;1-6-3-2-4-7-5-6/h4*3-5H,1-2H3;2*2-5H,1H3. The molecule has 0 radical (unpaired) electrons. The Morgan fingerprint density at radius 3 is 1.26 bits per heavy atom. The van der Waals surface area contributed by atoms with Crippen LogP contribution in [-0.2, 0) is 0 Å². The Labute approximate surface area is 277 Å². The average Bonchev–Trinajstić information content (AvgIpc) is 3.04. The zero-order valence-corrected chi connectivity index (χ0v) is 29.2. The molecule has 6 heterocycles. The van der Waals surface area contributed by atoms with Gasteiger partial charge in [0.2, 0.25) is 0 Å². The molecule has 0 aliphatic carbocycles. The van der Waals surface area contributed by atoms with Gasteiger partial charge < -0.3 is 0 Å². The summed E-state index contributed by atoms with van der Waals surface area (Å²) in [6.07, 6.45) is 18.2. The molecule has 0 bridgehead atoms. The van der Waals surface area contributed by atoms with Gasteiger partial charge in [-0.25, -0.2) is 0 Å². The van der Waals surface area contributed by atoms with Gasteiger partial charge in [0.1, 0.15) is 0 Å². The molecule has 6 heteroatoms. The van der Waals surface area contributed by atoms with Crippen LogP contribution >= 0.6 is 0 Å². The molecule has 0 saturated carbocycles. The number of hydrogen-bond donors (Lipinski definition) is 0. The van der Waals surface area contributed by atoms with Gasteiger partial charge in [-0.2, -0.15) is 0 Å². The van der Waals surface area contributed by atoms with Gasteiger partial charge in [0.15, 0.2) is 0 Å². The maximum atomic E-state index is 4.08. The first kappa shape index (κ1) is 38.9. The first-order valence-electron chi connectivity index (χ1n) is 15.2. The van der Waals surface area contributed by atoms with E-state index in [9.17, 15) is 0 Å². The Hall–Kier alpha value is -5.10. The van der Waals surface area contributed by atoms with Crippen molar-refractivity contribution < 1.29 is 0 Å². The molecule has 0 saturated heterocycles. The second-order valence-electron chi connectivity index (χ2n) is 10.9. The number of aryl methyl sites for hydroxylation is 10. The van der Waals surface area contributed by atoms with Crippen molar-refractivity contribution in [3.05, 3.63) is 179 Å². The van der Waals surface area contributed by atoms with E-state index in [-0.39, 0.29) is 0 Å². The minimum absolute atomic E-state index is 1.08. The lowest BCUT2D eigenvalue weighted by Crippen LogP contribution is -1.81. The third-order valence-corrected chi connectivity index (χ3v) is 6.30. The van der Waals surface area contributed by atoms with E-state index in [2.05, 4.69) is 68.9 Å². The molecule has 0 N–H and O–H groups in total. The van der Waals surface area contributed by atoms with Gasteiger partial charge in [-0.05, 0) is 150 Å². The van der Waals surface area contributed by atoms with Crippen LogP contribution in [0.4, 0.5) is 0 Å². The lowest BCUT2D eigenvalue weighted by molar-refractivity contribution is 1.15. The van der Waals surface area contributed by atoms with E-state index in [0.29, 0.717) is 0 Å². The van der Waals surface area contributed by atoms with Gasteiger partial charge in [0.05, 0.1) is 0 Å². The average molecular weight is 615 g/mol. The predicted molar refractivity (Wildman–Crippen MR) is 193 cm³/mol. The highest BCUT2D eigenvalue weighted by Crippen LogP contribution is 2.01. The highest BCUT2D eigenvalue weighted by Gasteiger charge is 1.86. The second kappa shape index (κ2) is 23.3. The predicted octanol–water partition coefficient (Wildman–Crippen LogP) is 9.57. The molecule has 6 aromatic heterocycles. The molecule has 0 aliphatic heterocycles. The van der Waals surface area contributed by atoms with Gasteiger partial charge in [0, 0.05) is 73.4 Å². The van der Waals surface area contributed by atoms with E-state index in [1.807, 2.05) is 134 Å². The lowest BCUT2D eigenvalue weighted by Gasteiger charge is -1.92. The van der Waals surface area contributed by atoms with Gasteiger partial charge in [-0.1, -0.05) is 24.3 Å². The first-order chi connectivity index (χ1) is 22.0. The van der Waals surface area contributed by atoms with E-state index < -0.39 is 0 Å². The maximum Gasteiger partial charge on any atom is 0.0401 e. The van der Waals surface area contributed by atoms with Crippen LogP contribution in [0, 0.1) is 69.2 Å². The number of nitrogens with zero attached hydrogens (tertiary/aromatic N) is 6. The minimum Gasteiger partial charge on any atom is -0.265 e. The molecule has 240 valence electrons. The zero-order chi connectivity index (χ0) is 34.2. The Balaban J connectivity index is 0.000000276. The number of rotatable bonds is 0. The first-order valence-corrected chi connectivity index (χ1v) is 15.2. The van der Waals surface area contributed by atoms with E-state index in [0.717, 1.165) is 11.4 Å². The summed E-state index contributed by atoms with van der Waals surface area (Å²) in [6.45, 7) is 20.4.